The Morgan fingerprint density at radius 3 is 2.62 bits per heavy atom. The van der Waals surface area contributed by atoms with Gasteiger partial charge in [-0.15, -0.1) is 0 Å². The molecular formula is C33H34N6O3. The molecule has 0 aliphatic heterocycles. The van der Waals surface area contributed by atoms with E-state index in [1.54, 1.807) is 6.07 Å². The third-order valence-electron chi connectivity index (χ3n) is 8.09. The summed E-state index contributed by atoms with van der Waals surface area (Å²) in [7, 11) is 0. The summed E-state index contributed by atoms with van der Waals surface area (Å²) in [6.07, 6.45) is 9.61. The summed E-state index contributed by atoms with van der Waals surface area (Å²) < 4.78 is 7.49. The number of benzene rings is 2. The van der Waals surface area contributed by atoms with E-state index in [0.717, 1.165) is 70.9 Å². The van der Waals surface area contributed by atoms with Gasteiger partial charge in [-0.05, 0) is 79.6 Å². The van der Waals surface area contributed by atoms with Gasteiger partial charge in [-0.25, -0.2) is 4.98 Å². The monoisotopic (exact) mass is 562 g/mol. The van der Waals surface area contributed by atoms with Gasteiger partial charge in [0.15, 0.2) is 0 Å². The number of nitrogens with one attached hydrogen (secondary N) is 1. The zero-order valence-corrected chi connectivity index (χ0v) is 23.5. The molecule has 3 aromatic heterocycles. The topological polar surface area (TPSA) is 138 Å². The van der Waals surface area contributed by atoms with E-state index in [0.29, 0.717) is 11.3 Å². The molecule has 0 spiro atoms. The summed E-state index contributed by atoms with van der Waals surface area (Å²) in [6.45, 7) is 2.02. The first-order chi connectivity index (χ1) is 20.4. The Balaban J connectivity index is 1.35. The number of amides is 1. The van der Waals surface area contributed by atoms with Crippen LogP contribution in [0.4, 0.5) is 5.69 Å². The summed E-state index contributed by atoms with van der Waals surface area (Å²) >= 11 is 0. The van der Waals surface area contributed by atoms with Crippen LogP contribution in [0.5, 0.6) is 0 Å². The fourth-order valence-corrected chi connectivity index (χ4v) is 5.95. The Morgan fingerprint density at radius 1 is 1.05 bits per heavy atom. The van der Waals surface area contributed by atoms with Gasteiger partial charge in [0.2, 0.25) is 0 Å². The molecule has 1 aliphatic rings. The minimum atomic E-state index is -0.495. The molecule has 9 nitrogen and oxygen atoms in total. The molecule has 3 heterocycles. The van der Waals surface area contributed by atoms with E-state index in [2.05, 4.69) is 35.1 Å². The summed E-state index contributed by atoms with van der Waals surface area (Å²) in [5, 5.41) is 5.71. The molecule has 0 radical (unpaired) electrons. The number of primary amides is 1. The Labute approximate surface area is 243 Å². The number of nitrogens with zero attached hydrogens (tertiary/aromatic N) is 3. The van der Waals surface area contributed by atoms with Crippen molar-refractivity contribution in [3.05, 3.63) is 84.3 Å². The van der Waals surface area contributed by atoms with Crippen LogP contribution in [0, 0.1) is 0 Å². The van der Waals surface area contributed by atoms with Gasteiger partial charge in [0, 0.05) is 52.3 Å². The number of fused-ring (bicyclic) bond motifs is 2. The van der Waals surface area contributed by atoms with Crippen molar-refractivity contribution in [1.82, 2.24) is 14.5 Å². The predicted octanol–water partition coefficient (Wildman–Crippen LogP) is 5.13. The van der Waals surface area contributed by atoms with Gasteiger partial charge >= 0.3 is 5.97 Å². The molecule has 0 atom stereocenters. The lowest BCUT2D eigenvalue weighted by molar-refractivity contribution is -0.148. The number of hydrogen-bond donors (Lipinski definition) is 3. The van der Waals surface area contributed by atoms with E-state index in [1.165, 1.54) is 5.56 Å². The highest BCUT2D eigenvalue weighted by Crippen LogP contribution is 2.35. The number of aromatic nitrogens is 3. The van der Waals surface area contributed by atoms with Gasteiger partial charge < -0.3 is 26.1 Å². The third-order valence-corrected chi connectivity index (χ3v) is 8.09. The average molecular weight is 563 g/mol. The number of rotatable bonds is 8. The third kappa shape index (κ3) is 5.31. The lowest BCUT2D eigenvalue weighted by Crippen LogP contribution is -2.33. The Kier molecular flexibility index (Phi) is 7.58. The molecule has 2 aromatic carbocycles. The standard InChI is InChI=1S/C33H34N6O3/c1-2-20-19-39(33-31(20)26(13-14-36-33)22-15-21-5-3-4-6-28(21)37-18-22)24-9-12-27(32(35)41)29(16-24)38-23-7-10-25(11-8-23)42-30(40)17-34/h3-6,9,12-16,18-19,23,25,38H,2,7-8,10-11,17,34H2,1H3,(H2,35,41). The first-order valence-corrected chi connectivity index (χ1v) is 14.4. The van der Waals surface area contributed by atoms with E-state index in [4.69, 9.17) is 26.2 Å². The van der Waals surface area contributed by atoms with Crippen LogP contribution in [0.1, 0.15) is 48.5 Å². The summed E-state index contributed by atoms with van der Waals surface area (Å²) in [5.41, 5.74) is 18.2. The molecule has 5 aromatic rings. The summed E-state index contributed by atoms with van der Waals surface area (Å²) in [4.78, 5) is 33.4. The number of para-hydroxylation sites is 1. The van der Waals surface area contributed by atoms with Crippen LogP contribution < -0.4 is 16.8 Å². The molecule has 6 rings (SSSR count). The van der Waals surface area contributed by atoms with Crippen molar-refractivity contribution < 1.29 is 14.3 Å². The highest BCUT2D eigenvalue weighted by molar-refractivity contribution is 6.00. The predicted molar refractivity (Wildman–Crippen MR) is 165 cm³/mol. The van der Waals surface area contributed by atoms with E-state index in [9.17, 15) is 9.59 Å². The van der Waals surface area contributed by atoms with Crippen molar-refractivity contribution >= 4 is 39.5 Å². The lowest BCUT2D eigenvalue weighted by atomic mass is 9.92. The van der Waals surface area contributed by atoms with Crippen LogP contribution in [0.3, 0.4) is 0 Å². The average Bonchev–Trinajstić information content (AvgIpc) is 3.40. The minimum absolute atomic E-state index is 0.115. The van der Waals surface area contributed by atoms with Crippen LogP contribution in [-0.4, -0.2) is 45.1 Å². The summed E-state index contributed by atoms with van der Waals surface area (Å²) in [6, 6.07) is 18.1. The van der Waals surface area contributed by atoms with E-state index in [-0.39, 0.29) is 24.7 Å². The zero-order chi connectivity index (χ0) is 29.2. The molecule has 0 bridgehead atoms. The lowest BCUT2D eigenvalue weighted by Gasteiger charge is -2.30. The fraction of sp³-hybridized carbons (Fsp3) is 0.273. The van der Waals surface area contributed by atoms with Crippen LogP contribution in [0.25, 0.3) is 38.8 Å². The molecule has 1 aliphatic carbocycles. The Hall–Kier alpha value is -4.76. The van der Waals surface area contributed by atoms with Gasteiger partial charge in [0.1, 0.15) is 11.8 Å². The number of carbonyl (C=O) groups is 2. The highest BCUT2D eigenvalue weighted by Gasteiger charge is 2.25. The molecule has 1 saturated carbocycles. The van der Waals surface area contributed by atoms with Crippen LogP contribution in [-0.2, 0) is 16.0 Å². The van der Waals surface area contributed by atoms with Crippen molar-refractivity contribution in [3.63, 3.8) is 0 Å². The largest absolute Gasteiger partial charge is 0.461 e. The smallest absolute Gasteiger partial charge is 0.319 e. The normalized spacial score (nSPS) is 16.9. The van der Waals surface area contributed by atoms with Crippen molar-refractivity contribution in [2.75, 3.05) is 11.9 Å². The quantitative estimate of drug-likeness (QED) is 0.223. The second-order valence-electron chi connectivity index (χ2n) is 10.8. The molecule has 0 saturated heterocycles. The molecule has 0 unspecified atom stereocenters. The second-order valence-corrected chi connectivity index (χ2v) is 10.8. The zero-order valence-electron chi connectivity index (χ0n) is 23.5. The number of nitrogens with two attached hydrogens (primary N) is 2. The molecule has 9 heteroatoms. The second kappa shape index (κ2) is 11.6. The fourth-order valence-electron chi connectivity index (χ4n) is 5.95. The maximum atomic E-state index is 12.4. The number of aryl methyl sites for hydroxylation is 1. The minimum Gasteiger partial charge on any atom is -0.461 e. The Bertz CT molecular complexity index is 1790. The summed E-state index contributed by atoms with van der Waals surface area (Å²) in [5.74, 6) is -0.875. The van der Waals surface area contributed by atoms with Gasteiger partial charge in [-0.2, -0.15) is 0 Å². The van der Waals surface area contributed by atoms with E-state index >= 15 is 0 Å². The molecular weight excluding hydrogens is 528 g/mol. The Morgan fingerprint density at radius 2 is 1.86 bits per heavy atom. The first-order valence-electron chi connectivity index (χ1n) is 14.4. The SMILES string of the molecule is CCc1cn(-c2ccc(C(N)=O)c(NC3CCC(OC(=O)CN)CC3)c2)c2nccc(-c3cnc4ccccc4c3)c12. The number of hydrogen-bond acceptors (Lipinski definition) is 7. The number of ether oxygens (including phenoxy) is 1. The van der Waals surface area contributed by atoms with Crippen molar-refractivity contribution in [1.29, 1.82) is 0 Å². The van der Waals surface area contributed by atoms with Gasteiger partial charge in [-0.1, -0.05) is 25.1 Å². The van der Waals surface area contributed by atoms with Crippen molar-refractivity contribution in [2.45, 2.75) is 51.2 Å². The van der Waals surface area contributed by atoms with Crippen LogP contribution in [0.15, 0.2) is 73.2 Å². The molecule has 5 N–H and O–H groups in total. The van der Waals surface area contributed by atoms with Crippen molar-refractivity contribution in [2.24, 2.45) is 11.5 Å². The number of pyridine rings is 2. The number of esters is 1. The van der Waals surface area contributed by atoms with Crippen LogP contribution in [0.2, 0.25) is 0 Å². The maximum Gasteiger partial charge on any atom is 0.319 e. The van der Waals surface area contributed by atoms with E-state index < -0.39 is 5.91 Å². The van der Waals surface area contributed by atoms with Gasteiger partial charge in [0.05, 0.1) is 17.6 Å². The molecule has 1 fully saturated rings. The van der Waals surface area contributed by atoms with E-state index in [1.807, 2.05) is 48.8 Å². The number of carbonyl (C=O) groups excluding carboxylic acids is 2. The number of anilines is 1. The molecule has 214 valence electrons. The molecule has 1 amide bonds. The van der Waals surface area contributed by atoms with Gasteiger partial charge in [-0.3, -0.25) is 14.6 Å². The van der Waals surface area contributed by atoms with Crippen molar-refractivity contribution in [3.8, 4) is 16.8 Å². The first kappa shape index (κ1) is 27.4. The van der Waals surface area contributed by atoms with Crippen LogP contribution >= 0.6 is 0 Å². The highest BCUT2D eigenvalue weighted by atomic mass is 16.5. The molecule has 42 heavy (non-hydrogen) atoms. The maximum absolute atomic E-state index is 12.4. The van der Waals surface area contributed by atoms with Gasteiger partial charge in [0.25, 0.3) is 5.91 Å².